The minimum absolute atomic E-state index is 0. The van der Waals surface area contributed by atoms with Gasteiger partial charge >= 0.3 is 0 Å². The average Bonchev–Trinajstić information content (AvgIpc) is 3.83. The Hall–Kier alpha value is -5.13. The van der Waals surface area contributed by atoms with Crippen LogP contribution >= 0.6 is 0 Å². The third-order valence-electron chi connectivity index (χ3n) is 13.2. The Labute approximate surface area is 367 Å². The molecule has 3 aliphatic rings. The SMILES string of the molecule is C[Si](C)(C)c1ccc(-c2[c-]ccc3c2oc2ccccc23)nc1.Cc1cc2c(oc3c[c-]c(-c4cc(CC5CC6CCC5CC6)ccn4)cc32)c(C)c1-c1ccccc1.[Ir]. The van der Waals surface area contributed by atoms with Gasteiger partial charge < -0.3 is 18.8 Å². The zero-order valence-corrected chi connectivity index (χ0v) is 38.5. The predicted molar refractivity (Wildman–Crippen MR) is 247 cm³/mol. The van der Waals surface area contributed by atoms with Crippen molar-refractivity contribution in [1.29, 1.82) is 0 Å². The summed E-state index contributed by atoms with van der Waals surface area (Å²) in [5, 5.41) is 5.92. The molecule has 0 aliphatic heterocycles. The third kappa shape index (κ3) is 7.59. The van der Waals surface area contributed by atoms with Gasteiger partial charge in [0.05, 0.1) is 19.2 Å². The average molecular weight is 979 g/mol. The van der Waals surface area contributed by atoms with E-state index < -0.39 is 8.07 Å². The first kappa shape index (κ1) is 40.3. The maximum Gasteiger partial charge on any atom is 0.124 e. The standard InChI is InChI=1S/C34H32NO.C20H18NOSi.Ir/c1-21-16-30-29-20-27(12-13-32(29)36-34(30)22(2)33(21)26-6-4-3-5-7-26)31-19-24(14-15-35-31)18-28-17-23-8-10-25(28)11-9-23;1-23(2,3)14-11-12-18(21-13-14)17-9-6-8-16-15-7-4-5-10-19(15)22-20(16)17;/h3-7,13-16,19-20,23,25,28H,8-11,17-18H2,1-2H3;4-8,10-13H,1-3H3;/q2*-1;. The second kappa shape index (κ2) is 16.4. The van der Waals surface area contributed by atoms with Crippen molar-refractivity contribution in [2.45, 2.75) is 72.0 Å². The van der Waals surface area contributed by atoms with E-state index in [0.717, 1.165) is 78.8 Å². The maximum absolute atomic E-state index is 6.39. The van der Waals surface area contributed by atoms with Gasteiger partial charge in [-0.15, -0.1) is 42.0 Å². The zero-order valence-electron chi connectivity index (χ0n) is 35.1. The van der Waals surface area contributed by atoms with E-state index in [1.54, 1.807) is 0 Å². The molecule has 3 saturated carbocycles. The van der Waals surface area contributed by atoms with Gasteiger partial charge in [0.25, 0.3) is 0 Å². The molecule has 4 aromatic heterocycles. The van der Waals surface area contributed by atoms with Gasteiger partial charge in [-0.25, -0.2) is 0 Å². The first-order chi connectivity index (χ1) is 28.7. The fraction of sp³-hybridized carbons (Fsp3) is 0.259. The first-order valence-corrected chi connectivity index (χ1v) is 24.9. The quantitative estimate of drug-likeness (QED) is 0.123. The molecule has 9 aromatic rings. The minimum Gasteiger partial charge on any atom is -0.501 e. The number of hydrogen-bond donors (Lipinski definition) is 0. The van der Waals surface area contributed by atoms with Crippen molar-refractivity contribution in [2.24, 2.45) is 17.8 Å². The Kier molecular flexibility index (Phi) is 11.0. The molecule has 3 aliphatic carbocycles. The normalized spacial score (nSPS) is 17.5. The van der Waals surface area contributed by atoms with E-state index in [1.165, 1.54) is 76.9 Å². The smallest absolute Gasteiger partial charge is 0.124 e. The van der Waals surface area contributed by atoms with Gasteiger partial charge in [-0.05, 0) is 114 Å². The fourth-order valence-electron chi connectivity index (χ4n) is 10.1. The van der Waals surface area contributed by atoms with Crippen molar-refractivity contribution in [1.82, 2.24) is 9.97 Å². The monoisotopic (exact) mass is 979 g/mol. The Morgan fingerprint density at radius 3 is 2.23 bits per heavy atom. The molecular weight excluding hydrogens is 929 g/mol. The van der Waals surface area contributed by atoms with Crippen molar-refractivity contribution >= 4 is 57.1 Å². The number of aryl methyl sites for hydroxylation is 2. The number of benzene rings is 5. The van der Waals surface area contributed by atoms with Crippen LogP contribution in [0.4, 0.5) is 0 Å². The summed E-state index contributed by atoms with van der Waals surface area (Å²) in [6.07, 6.45) is 12.4. The Morgan fingerprint density at radius 2 is 1.48 bits per heavy atom. The molecule has 4 heterocycles. The van der Waals surface area contributed by atoms with Crippen LogP contribution in [0.2, 0.25) is 19.6 Å². The predicted octanol–water partition coefficient (Wildman–Crippen LogP) is 14.1. The van der Waals surface area contributed by atoms with Crippen LogP contribution in [0.5, 0.6) is 0 Å². The summed E-state index contributed by atoms with van der Waals surface area (Å²) in [6.45, 7) is 11.4. The molecule has 4 nitrogen and oxygen atoms in total. The van der Waals surface area contributed by atoms with Crippen LogP contribution in [-0.4, -0.2) is 18.0 Å². The Balaban J connectivity index is 0.000000167. The van der Waals surface area contributed by atoms with Gasteiger partial charge in [0, 0.05) is 43.3 Å². The Bertz CT molecular complexity index is 2970. The van der Waals surface area contributed by atoms with Crippen LogP contribution in [0.1, 0.15) is 48.8 Å². The molecule has 6 heteroatoms. The molecule has 2 bridgehead atoms. The Morgan fingerprint density at radius 1 is 0.700 bits per heavy atom. The molecular formula is C54H50IrN2O2Si-2. The van der Waals surface area contributed by atoms with Crippen LogP contribution in [0, 0.1) is 43.7 Å². The number of rotatable bonds is 6. The molecule has 5 aromatic carbocycles. The van der Waals surface area contributed by atoms with Gasteiger partial charge in [-0.1, -0.05) is 121 Å². The van der Waals surface area contributed by atoms with Crippen LogP contribution < -0.4 is 5.19 Å². The summed E-state index contributed by atoms with van der Waals surface area (Å²) in [5.74, 6) is 2.75. The van der Waals surface area contributed by atoms with E-state index in [4.69, 9.17) is 13.8 Å². The van der Waals surface area contributed by atoms with Gasteiger partial charge in [-0.3, -0.25) is 0 Å². The van der Waals surface area contributed by atoms with Crippen molar-refractivity contribution in [2.75, 3.05) is 0 Å². The topological polar surface area (TPSA) is 52.1 Å². The van der Waals surface area contributed by atoms with Crippen LogP contribution in [0.15, 0.2) is 130 Å². The molecule has 1 unspecified atom stereocenters. The van der Waals surface area contributed by atoms with Gasteiger partial charge in [0.15, 0.2) is 0 Å². The fourth-order valence-corrected chi connectivity index (χ4v) is 11.1. The first-order valence-electron chi connectivity index (χ1n) is 21.4. The zero-order chi connectivity index (χ0) is 40.3. The number of fused-ring (bicyclic) bond motifs is 9. The maximum atomic E-state index is 6.39. The van der Waals surface area contributed by atoms with E-state index in [0.29, 0.717) is 0 Å². The molecule has 303 valence electrons. The second-order valence-corrected chi connectivity index (χ2v) is 23.1. The van der Waals surface area contributed by atoms with Crippen LogP contribution in [0.3, 0.4) is 0 Å². The minimum atomic E-state index is -1.33. The van der Waals surface area contributed by atoms with E-state index >= 15 is 0 Å². The molecule has 0 spiro atoms. The number of hydrogen-bond acceptors (Lipinski definition) is 4. The summed E-state index contributed by atoms with van der Waals surface area (Å²) in [6, 6.07) is 44.8. The molecule has 1 atom stereocenters. The summed E-state index contributed by atoms with van der Waals surface area (Å²) >= 11 is 0. The van der Waals surface area contributed by atoms with E-state index in [2.05, 4.69) is 129 Å². The number of pyridine rings is 2. The number of aromatic nitrogens is 2. The summed E-state index contributed by atoms with van der Waals surface area (Å²) in [7, 11) is -1.33. The second-order valence-electron chi connectivity index (χ2n) is 18.1. The molecule has 0 N–H and O–H groups in total. The number of nitrogens with zero attached hydrogens (tertiary/aromatic N) is 2. The molecule has 0 amide bonds. The van der Waals surface area contributed by atoms with Gasteiger partial charge in [0.2, 0.25) is 0 Å². The van der Waals surface area contributed by atoms with E-state index in [-0.39, 0.29) is 20.1 Å². The van der Waals surface area contributed by atoms with E-state index in [1.807, 2.05) is 42.7 Å². The number of para-hydroxylation sites is 1. The van der Waals surface area contributed by atoms with Gasteiger partial charge in [-0.2, -0.15) is 0 Å². The largest absolute Gasteiger partial charge is 0.501 e. The molecule has 0 saturated heterocycles. The van der Waals surface area contributed by atoms with E-state index in [9.17, 15) is 0 Å². The molecule has 60 heavy (non-hydrogen) atoms. The van der Waals surface area contributed by atoms with Crippen molar-refractivity contribution in [3.05, 3.63) is 150 Å². The van der Waals surface area contributed by atoms with Crippen LogP contribution in [-0.2, 0) is 26.5 Å². The third-order valence-corrected chi connectivity index (χ3v) is 15.2. The summed E-state index contributed by atoms with van der Waals surface area (Å²) in [4.78, 5) is 9.43. The molecule has 1 radical (unpaired) electrons. The van der Waals surface area contributed by atoms with Crippen molar-refractivity contribution in [3.8, 4) is 33.6 Å². The van der Waals surface area contributed by atoms with Crippen molar-refractivity contribution in [3.63, 3.8) is 0 Å². The van der Waals surface area contributed by atoms with Crippen molar-refractivity contribution < 1.29 is 28.9 Å². The molecule has 3 fully saturated rings. The summed E-state index contributed by atoms with van der Waals surface area (Å²) < 4.78 is 12.5. The molecule has 12 rings (SSSR count). The van der Waals surface area contributed by atoms with Gasteiger partial charge in [0.1, 0.15) is 11.2 Å². The summed E-state index contributed by atoms with van der Waals surface area (Å²) in [5.41, 5.74) is 13.9. The van der Waals surface area contributed by atoms with Crippen LogP contribution in [0.25, 0.3) is 77.5 Å². The number of furan rings is 2.